The van der Waals surface area contributed by atoms with E-state index in [0.29, 0.717) is 18.9 Å². The van der Waals surface area contributed by atoms with Crippen molar-refractivity contribution in [1.82, 2.24) is 4.90 Å². The minimum Gasteiger partial charge on any atom is -0.300 e. The first-order valence-electron chi connectivity index (χ1n) is 5.24. The molecule has 0 aromatic heterocycles. The maximum Gasteiger partial charge on any atom is 0.146 e. The molecule has 3 heteroatoms. The minimum absolute atomic E-state index is 0.574. The van der Waals surface area contributed by atoms with E-state index in [1.165, 1.54) is 0 Å². The molecule has 0 aromatic rings. The van der Waals surface area contributed by atoms with Gasteiger partial charge in [-0.2, -0.15) is 10.5 Å². The lowest BCUT2D eigenvalue weighted by Gasteiger charge is -2.36. The van der Waals surface area contributed by atoms with Crippen LogP contribution >= 0.6 is 0 Å². The van der Waals surface area contributed by atoms with E-state index in [4.69, 9.17) is 10.5 Å². The molecular weight excluding hydrogens is 174 g/mol. The van der Waals surface area contributed by atoms with Gasteiger partial charge in [0.15, 0.2) is 0 Å². The number of hydrogen-bond acceptors (Lipinski definition) is 3. The monoisotopic (exact) mass is 191 g/mol. The lowest BCUT2D eigenvalue weighted by atomic mass is 9.81. The predicted octanol–water partition coefficient (Wildman–Crippen LogP) is 1.91. The van der Waals surface area contributed by atoms with Gasteiger partial charge in [-0.3, -0.25) is 0 Å². The molecule has 3 nitrogen and oxygen atoms in total. The van der Waals surface area contributed by atoms with E-state index < -0.39 is 5.41 Å². The molecule has 1 aliphatic rings. The third-order valence-corrected chi connectivity index (χ3v) is 3.29. The maximum absolute atomic E-state index is 8.93. The number of hydrogen-bond donors (Lipinski definition) is 0. The Morgan fingerprint density at radius 3 is 2.14 bits per heavy atom. The zero-order chi connectivity index (χ0) is 10.6. The first-order chi connectivity index (χ1) is 6.67. The predicted molar refractivity (Wildman–Crippen MR) is 54.2 cm³/mol. The summed E-state index contributed by atoms with van der Waals surface area (Å²) in [5.41, 5.74) is -0.704. The molecule has 0 spiro atoms. The third kappa shape index (κ3) is 2.05. The van der Waals surface area contributed by atoms with Gasteiger partial charge in [-0.15, -0.1) is 0 Å². The van der Waals surface area contributed by atoms with Gasteiger partial charge < -0.3 is 4.90 Å². The number of nitrogens with zero attached hydrogens (tertiary/aromatic N) is 3. The Balaban J connectivity index is 2.55. The Kier molecular flexibility index (Phi) is 3.49. The number of nitriles is 2. The highest BCUT2D eigenvalue weighted by molar-refractivity contribution is 5.15. The molecule has 0 radical (unpaired) electrons. The Bertz CT molecular complexity index is 247. The Labute approximate surface area is 85.9 Å². The Hall–Kier alpha value is -1.06. The summed E-state index contributed by atoms with van der Waals surface area (Å²) < 4.78 is 0. The molecule has 1 unspecified atom stereocenters. The summed E-state index contributed by atoms with van der Waals surface area (Å²) in [6.07, 6.45) is 2.53. The lowest BCUT2D eigenvalue weighted by molar-refractivity contribution is 0.132. The van der Waals surface area contributed by atoms with Crippen molar-refractivity contribution in [3.8, 4) is 12.1 Å². The van der Waals surface area contributed by atoms with Crippen molar-refractivity contribution < 1.29 is 0 Å². The lowest BCUT2D eigenvalue weighted by Crippen LogP contribution is -2.43. The van der Waals surface area contributed by atoms with Crippen molar-refractivity contribution >= 4 is 0 Å². The van der Waals surface area contributed by atoms with Crippen LogP contribution in [0.2, 0.25) is 0 Å². The van der Waals surface area contributed by atoms with Crippen LogP contribution in [-0.2, 0) is 0 Å². The molecule has 0 saturated carbocycles. The zero-order valence-electron chi connectivity index (χ0n) is 8.95. The fourth-order valence-corrected chi connectivity index (χ4v) is 1.85. The Morgan fingerprint density at radius 1 is 1.29 bits per heavy atom. The second kappa shape index (κ2) is 4.44. The van der Waals surface area contributed by atoms with Crippen LogP contribution in [0, 0.1) is 28.1 Å². The highest BCUT2D eigenvalue weighted by atomic mass is 15.2. The molecule has 0 amide bonds. The quantitative estimate of drug-likeness (QED) is 0.670. The molecule has 1 atom stereocenters. The molecule has 1 heterocycles. The van der Waals surface area contributed by atoms with Gasteiger partial charge in [0.2, 0.25) is 0 Å². The summed E-state index contributed by atoms with van der Waals surface area (Å²) in [5.74, 6) is 0. The molecule has 1 saturated heterocycles. The van der Waals surface area contributed by atoms with Crippen LogP contribution in [0.3, 0.4) is 0 Å². The van der Waals surface area contributed by atoms with Gasteiger partial charge in [0.05, 0.1) is 12.1 Å². The van der Waals surface area contributed by atoms with Gasteiger partial charge in [0.25, 0.3) is 0 Å². The van der Waals surface area contributed by atoms with Gasteiger partial charge in [-0.1, -0.05) is 6.92 Å². The van der Waals surface area contributed by atoms with Crippen LogP contribution in [0.15, 0.2) is 0 Å². The first kappa shape index (κ1) is 11.0. The van der Waals surface area contributed by atoms with E-state index in [1.807, 2.05) is 0 Å². The van der Waals surface area contributed by atoms with Gasteiger partial charge in [0.1, 0.15) is 5.41 Å². The van der Waals surface area contributed by atoms with Crippen LogP contribution < -0.4 is 0 Å². The second-order valence-electron chi connectivity index (χ2n) is 4.10. The van der Waals surface area contributed by atoms with Crippen LogP contribution in [0.5, 0.6) is 0 Å². The van der Waals surface area contributed by atoms with E-state index in [1.54, 1.807) is 0 Å². The molecule has 1 fully saturated rings. The Morgan fingerprint density at radius 2 is 1.79 bits per heavy atom. The summed E-state index contributed by atoms with van der Waals surface area (Å²) in [4.78, 5) is 2.37. The fraction of sp³-hybridized carbons (Fsp3) is 0.818. The molecule has 1 rings (SSSR count). The van der Waals surface area contributed by atoms with Crippen molar-refractivity contribution in [2.24, 2.45) is 5.41 Å². The maximum atomic E-state index is 8.93. The molecule has 1 aliphatic heterocycles. The summed E-state index contributed by atoms with van der Waals surface area (Å²) in [7, 11) is 0. The van der Waals surface area contributed by atoms with Crippen molar-refractivity contribution in [3.63, 3.8) is 0 Å². The van der Waals surface area contributed by atoms with E-state index in [2.05, 4.69) is 30.9 Å². The third-order valence-electron chi connectivity index (χ3n) is 3.29. The van der Waals surface area contributed by atoms with Gasteiger partial charge >= 0.3 is 0 Å². The van der Waals surface area contributed by atoms with Gasteiger partial charge in [-0.05, 0) is 26.2 Å². The highest BCUT2D eigenvalue weighted by Crippen LogP contribution is 2.30. The van der Waals surface area contributed by atoms with Gasteiger partial charge in [-0.25, -0.2) is 0 Å². The summed E-state index contributed by atoms with van der Waals surface area (Å²) in [5, 5.41) is 17.9. The van der Waals surface area contributed by atoms with Crippen molar-refractivity contribution in [2.75, 3.05) is 13.1 Å². The minimum atomic E-state index is -0.704. The fourth-order valence-electron chi connectivity index (χ4n) is 1.85. The average molecular weight is 191 g/mol. The van der Waals surface area contributed by atoms with Crippen LogP contribution in [0.25, 0.3) is 0 Å². The van der Waals surface area contributed by atoms with E-state index in [0.717, 1.165) is 19.5 Å². The molecule has 0 aromatic carbocycles. The zero-order valence-corrected chi connectivity index (χ0v) is 8.95. The summed E-state index contributed by atoms with van der Waals surface area (Å²) in [6.45, 7) is 6.14. The number of rotatable bonds is 2. The highest BCUT2D eigenvalue weighted by Gasteiger charge is 2.35. The van der Waals surface area contributed by atoms with Gasteiger partial charge in [0, 0.05) is 19.1 Å². The molecule has 0 aliphatic carbocycles. The van der Waals surface area contributed by atoms with Crippen molar-refractivity contribution in [1.29, 1.82) is 10.5 Å². The molecule has 14 heavy (non-hydrogen) atoms. The summed E-state index contributed by atoms with van der Waals surface area (Å²) >= 11 is 0. The van der Waals surface area contributed by atoms with Crippen LogP contribution in [0.1, 0.15) is 33.1 Å². The van der Waals surface area contributed by atoms with Crippen LogP contribution in [-0.4, -0.2) is 24.0 Å². The number of likely N-dealkylation sites (tertiary alicyclic amines) is 1. The topological polar surface area (TPSA) is 50.8 Å². The van der Waals surface area contributed by atoms with E-state index in [-0.39, 0.29) is 0 Å². The van der Waals surface area contributed by atoms with Crippen molar-refractivity contribution in [3.05, 3.63) is 0 Å². The van der Waals surface area contributed by atoms with E-state index in [9.17, 15) is 0 Å². The summed E-state index contributed by atoms with van der Waals surface area (Å²) in [6, 6.07) is 4.89. The molecule has 0 N–H and O–H groups in total. The largest absolute Gasteiger partial charge is 0.300 e. The standard InChI is InChI=1S/C11H17N3/c1-3-10(2)14-6-4-11(8-12,9-13)5-7-14/h10H,3-7H2,1-2H3. The SMILES string of the molecule is CCC(C)N1CCC(C#N)(C#N)CC1. The molecule has 0 bridgehead atoms. The van der Waals surface area contributed by atoms with Crippen LogP contribution in [0.4, 0.5) is 0 Å². The van der Waals surface area contributed by atoms with Crippen molar-refractivity contribution in [2.45, 2.75) is 39.2 Å². The molecular formula is C11H17N3. The molecule has 76 valence electrons. The number of piperidine rings is 1. The second-order valence-corrected chi connectivity index (χ2v) is 4.10. The van der Waals surface area contributed by atoms with E-state index >= 15 is 0 Å². The normalized spacial score (nSPS) is 23.4. The first-order valence-corrected chi connectivity index (χ1v) is 5.24. The smallest absolute Gasteiger partial charge is 0.146 e. The average Bonchev–Trinajstić information content (AvgIpc) is 2.28.